The smallest absolute Gasteiger partial charge is 0.231 e. The molecule has 0 aliphatic carbocycles. The maximum atomic E-state index is 13.2. The molecular weight excluding hydrogens is 338 g/mol. The summed E-state index contributed by atoms with van der Waals surface area (Å²) in [6, 6.07) is 18.4. The molecule has 2 aromatic rings. The molecule has 0 radical (unpaired) electrons. The molecule has 3 rings (SSSR count). The average Bonchev–Trinajstić information content (AvgIpc) is 2.73. The first-order valence-electron chi connectivity index (χ1n) is 9.71. The highest BCUT2D eigenvalue weighted by Crippen LogP contribution is 2.35. The Morgan fingerprint density at radius 2 is 1.78 bits per heavy atom. The molecule has 1 aliphatic heterocycles. The number of aryl methyl sites for hydroxylation is 1. The maximum Gasteiger partial charge on any atom is 0.231 e. The Kier molecular flexibility index (Phi) is 6.51. The minimum absolute atomic E-state index is 0.114. The summed E-state index contributed by atoms with van der Waals surface area (Å²) in [6.07, 6.45) is 3.29. The second kappa shape index (κ2) is 9.05. The van der Waals surface area contributed by atoms with Gasteiger partial charge in [-0.2, -0.15) is 0 Å². The quantitative estimate of drug-likeness (QED) is 0.808. The molecule has 27 heavy (non-hydrogen) atoms. The van der Waals surface area contributed by atoms with E-state index in [0.29, 0.717) is 13.2 Å². The van der Waals surface area contributed by atoms with Crippen LogP contribution in [0.25, 0.3) is 0 Å². The number of hydrogen-bond acceptors (Lipinski definition) is 3. The molecule has 2 aromatic carbocycles. The SMILES string of the molecule is COc1ccc(CCC(C)NC(=O)C2(c3ccccc3)CCOCC2)cc1. The Morgan fingerprint density at radius 1 is 1.11 bits per heavy atom. The molecule has 1 N–H and O–H groups in total. The number of hydrogen-bond donors (Lipinski definition) is 1. The van der Waals surface area contributed by atoms with Crippen molar-refractivity contribution in [3.63, 3.8) is 0 Å². The van der Waals surface area contributed by atoms with Gasteiger partial charge in [0.05, 0.1) is 12.5 Å². The first-order chi connectivity index (χ1) is 13.1. The van der Waals surface area contributed by atoms with Gasteiger partial charge in [0.1, 0.15) is 5.75 Å². The standard InChI is InChI=1S/C23H29NO3/c1-18(8-9-19-10-12-21(26-2)13-11-19)24-22(25)23(14-16-27-17-15-23)20-6-4-3-5-7-20/h3-7,10-13,18H,8-9,14-17H2,1-2H3,(H,24,25). The fourth-order valence-electron chi connectivity index (χ4n) is 3.73. The summed E-state index contributed by atoms with van der Waals surface area (Å²) < 4.78 is 10.7. The molecule has 0 spiro atoms. The van der Waals surface area contributed by atoms with Crippen LogP contribution in [0.5, 0.6) is 5.75 Å². The number of methoxy groups -OCH3 is 1. The average molecular weight is 367 g/mol. The molecule has 1 heterocycles. The zero-order valence-corrected chi connectivity index (χ0v) is 16.2. The molecule has 1 fully saturated rings. The first kappa shape index (κ1) is 19.4. The number of benzene rings is 2. The van der Waals surface area contributed by atoms with Crippen LogP contribution in [0.3, 0.4) is 0 Å². The first-order valence-corrected chi connectivity index (χ1v) is 9.71. The normalized spacial score (nSPS) is 17.1. The van der Waals surface area contributed by atoms with Gasteiger partial charge in [0.15, 0.2) is 0 Å². The molecule has 0 aromatic heterocycles. The largest absolute Gasteiger partial charge is 0.497 e. The summed E-state index contributed by atoms with van der Waals surface area (Å²) in [5.74, 6) is 0.989. The summed E-state index contributed by atoms with van der Waals surface area (Å²) in [5, 5.41) is 3.26. The molecule has 4 heteroatoms. The highest BCUT2D eigenvalue weighted by Gasteiger charge is 2.41. The third-order valence-electron chi connectivity index (χ3n) is 5.51. The van der Waals surface area contributed by atoms with Gasteiger partial charge in [-0.3, -0.25) is 4.79 Å². The summed E-state index contributed by atoms with van der Waals surface area (Å²) >= 11 is 0. The highest BCUT2D eigenvalue weighted by molar-refractivity contribution is 5.88. The highest BCUT2D eigenvalue weighted by atomic mass is 16.5. The lowest BCUT2D eigenvalue weighted by molar-refractivity contribution is -0.131. The van der Waals surface area contributed by atoms with Gasteiger partial charge in [-0.05, 0) is 55.9 Å². The van der Waals surface area contributed by atoms with E-state index in [1.807, 2.05) is 30.3 Å². The second-order valence-corrected chi connectivity index (χ2v) is 7.32. The van der Waals surface area contributed by atoms with E-state index in [-0.39, 0.29) is 11.9 Å². The van der Waals surface area contributed by atoms with Crippen LogP contribution < -0.4 is 10.1 Å². The molecule has 4 nitrogen and oxygen atoms in total. The van der Waals surface area contributed by atoms with Crippen LogP contribution in [0, 0.1) is 0 Å². The number of carbonyl (C=O) groups is 1. The Bertz CT molecular complexity index is 721. The molecule has 1 aliphatic rings. The topological polar surface area (TPSA) is 47.6 Å². The van der Waals surface area contributed by atoms with Crippen LogP contribution in [-0.4, -0.2) is 32.3 Å². The van der Waals surface area contributed by atoms with Crippen molar-refractivity contribution < 1.29 is 14.3 Å². The summed E-state index contributed by atoms with van der Waals surface area (Å²) in [7, 11) is 1.67. The number of carbonyl (C=O) groups excluding carboxylic acids is 1. The van der Waals surface area contributed by atoms with E-state index in [9.17, 15) is 4.79 Å². The van der Waals surface area contributed by atoms with Crippen LogP contribution in [0.15, 0.2) is 54.6 Å². The van der Waals surface area contributed by atoms with Gasteiger partial charge in [-0.25, -0.2) is 0 Å². The summed E-state index contributed by atoms with van der Waals surface area (Å²) in [5.41, 5.74) is 1.86. The molecule has 1 atom stereocenters. The lowest BCUT2D eigenvalue weighted by atomic mass is 9.73. The van der Waals surface area contributed by atoms with Crippen molar-refractivity contribution in [1.82, 2.24) is 5.32 Å². The van der Waals surface area contributed by atoms with E-state index in [2.05, 4.69) is 36.5 Å². The van der Waals surface area contributed by atoms with Crippen molar-refractivity contribution in [2.45, 2.75) is 44.1 Å². The molecule has 1 saturated heterocycles. The van der Waals surface area contributed by atoms with E-state index >= 15 is 0 Å². The van der Waals surface area contributed by atoms with Crippen molar-refractivity contribution in [2.24, 2.45) is 0 Å². The number of ether oxygens (including phenoxy) is 2. The fraction of sp³-hybridized carbons (Fsp3) is 0.435. The van der Waals surface area contributed by atoms with Gasteiger partial charge < -0.3 is 14.8 Å². The number of nitrogens with one attached hydrogen (secondary N) is 1. The van der Waals surface area contributed by atoms with Crippen LogP contribution in [0.2, 0.25) is 0 Å². The minimum atomic E-state index is -0.478. The lowest BCUT2D eigenvalue weighted by Gasteiger charge is -2.37. The van der Waals surface area contributed by atoms with E-state index in [1.165, 1.54) is 5.56 Å². The van der Waals surface area contributed by atoms with Gasteiger partial charge in [0, 0.05) is 19.3 Å². The molecule has 1 amide bonds. The zero-order valence-electron chi connectivity index (χ0n) is 16.2. The monoisotopic (exact) mass is 367 g/mol. The van der Waals surface area contributed by atoms with Gasteiger partial charge in [-0.15, -0.1) is 0 Å². The van der Waals surface area contributed by atoms with Crippen molar-refractivity contribution in [1.29, 1.82) is 0 Å². The Balaban J connectivity index is 1.62. The van der Waals surface area contributed by atoms with Gasteiger partial charge in [0.25, 0.3) is 0 Å². The van der Waals surface area contributed by atoms with Crippen molar-refractivity contribution in [2.75, 3.05) is 20.3 Å². The predicted molar refractivity (Wildman–Crippen MR) is 107 cm³/mol. The molecule has 0 bridgehead atoms. The van der Waals surface area contributed by atoms with E-state index < -0.39 is 5.41 Å². The lowest BCUT2D eigenvalue weighted by Crippen LogP contribution is -2.50. The zero-order chi connectivity index (χ0) is 19.1. The molecule has 144 valence electrons. The Hall–Kier alpha value is -2.33. The third-order valence-corrected chi connectivity index (χ3v) is 5.51. The van der Waals surface area contributed by atoms with Gasteiger partial charge >= 0.3 is 0 Å². The predicted octanol–water partition coefficient (Wildman–Crippen LogP) is 3.88. The van der Waals surface area contributed by atoms with Gasteiger partial charge in [-0.1, -0.05) is 42.5 Å². The van der Waals surface area contributed by atoms with Crippen LogP contribution >= 0.6 is 0 Å². The minimum Gasteiger partial charge on any atom is -0.497 e. The van der Waals surface area contributed by atoms with Crippen LogP contribution in [0.1, 0.15) is 37.3 Å². The van der Waals surface area contributed by atoms with E-state index in [4.69, 9.17) is 9.47 Å². The van der Waals surface area contributed by atoms with Crippen LogP contribution in [-0.2, 0) is 21.4 Å². The Morgan fingerprint density at radius 3 is 2.41 bits per heavy atom. The second-order valence-electron chi connectivity index (χ2n) is 7.32. The fourth-order valence-corrected chi connectivity index (χ4v) is 3.73. The van der Waals surface area contributed by atoms with Crippen LogP contribution in [0.4, 0.5) is 0 Å². The van der Waals surface area contributed by atoms with Gasteiger partial charge in [0.2, 0.25) is 5.91 Å². The summed E-state index contributed by atoms with van der Waals surface area (Å²) in [4.78, 5) is 13.2. The summed E-state index contributed by atoms with van der Waals surface area (Å²) in [6.45, 7) is 3.34. The number of amides is 1. The van der Waals surface area contributed by atoms with Crippen molar-refractivity contribution in [3.8, 4) is 5.75 Å². The molecule has 0 saturated carbocycles. The molecule has 1 unspecified atom stereocenters. The maximum absolute atomic E-state index is 13.2. The van der Waals surface area contributed by atoms with Crippen molar-refractivity contribution >= 4 is 5.91 Å². The number of rotatable bonds is 7. The van der Waals surface area contributed by atoms with E-state index in [0.717, 1.165) is 37.0 Å². The third kappa shape index (κ3) is 4.69. The Labute approximate surface area is 161 Å². The van der Waals surface area contributed by atoms with E-state index in [1.54, 1.807) is 7.11 Å². The van der Waals surface area contributed by atoms with Crippen molar-refractivity contribution in [3.05, 3.63) is 65.7 Å². The molecular formula is C23H29NO3.